The Bertz CT molecular complexity index is 775. The Morgan fingerprint density at radius 3 is 2.58 bits per heavy atom. The van der Waals surface area contributed by atoms with E-state index in [2.05, 4.69) is 15.3 Å². The highest BCUT2D eigenvalue weighted by molar-refractivity contribution is 5.70. The Balaban J connectivity index is 2.44. The van der Waals surface area contributed by atoms with Crippen LogP contribution in [0.15, 0.2) is 30.7 Å². The Kier molecular flexibility index (Phi) is 4.60. The number of H-pyrrole nitrogens is 1. The van der Waals surface area contributed by atoms with Crippen LogP contribution in [0, 0.1) is 17.1 Å². The number of carbonyl (C=O) groups excluding carboxylic acids is 1. The monoisotopic (exact) mass is 330 g/mol. The number of carbonyl (C=O) groups is 1. The molecule has 1 heterocycles. The highest BCUT2D eigenvalue weighted by atomic mass is 19.1. The fourth-order valence-corrected chi connectivity index (χ4v) is 2.25. The predicted molar refractivity (Wildman–Crippen MR) is 85.5 cm³/mol. The minimum Gasteiger partial charge on any atom is -0.444 e. The number of halogens is 1. The lowest BCUT2D eigenvalue weighted by molar-refractivity contribution is 0.0477. The van der Waals surface area contributed by atoms with Crippen LogP contribution < -0.4 is 5.32 Å². The number of hydrogen-bond donors (Lipinski definition) is 2. The minimum atomic E-state index is -1.10. The number of hydrogen-bond acceptors (Lipinski definition) is 4. The number of aromatic amines is 1. The highest BCUT2D eigenvalue weighted by Gasteiger charge is 2.34. The van der Waals surface area contributed by atoms with Crippen LogP contribution in [0.4, 0.5) is 9.18 Å². The van der Waals surface area contributed by atoms with Crippen molar-refractivity contribution < 1.29 is 13.9 Å². The van der Waals surface area contributed by atoms with Crippen molar-refractivity contribution in [3.05, 3.63) is 53.4 Å². The van der Waals surface area contributed by atoms with Crippen LogP contribution in [0.25, 0.3) is 0 Å². The van der Waals surface area contributed by atoms with Crippen molar-refractivity contribution in [2.45, 2.75) is 38.8 Å². The van der Waals surface area contributed by atoms with Crippen LogP contribution in [0.5, 0.6) is 0 Å². The molecule has 1 amide bonds. The SMILES string of the molecule is CC(C)(C)OC(=O)NC(C)(c1ccc(C#N)c(F)c1)c1cnc[nH]1. The van der Waals surface area contributed by atoms with Crippen LogP contribution in [0.1, 0.15) is 44.5 Å². The molecule has 6 nitrogen and oxygen atoms in total. The largest absolute Gasteiger partial charge is 0.444 e. The summed E-state index contributed by atoms with van der Waals surface area (Å²) < 4.78 is 19.3. The zero-order chi connectivity index (χ0) is 18.0. The fourth-order valence-electron chi connectivity index (χ4n) is 2.25. The Morgan fingerprint density at radius 1 is 1.38 bits per heavy atom. The second-order valence-electron chi connectivity index (χ2n) is 6.52. The van der Waals surface area contributed by atoms with Gasteiger partial charge in [0.05, 0.1) is 23.8 Å². The maximum absolute atomic E-state index is 14.0. The van der Waals surface area contributed by atoms with Crippen molar-refractivity contribution in [1.82, 2.24) is 15.3 Å². The number of imidazole rings is 1. The third-order valence-electron chi connectivity index (χ3n) is 3.45. The standard InChI is InChI=1S/C17H19FN4O2/c1-16(2,3)24-15(23)22-17(4,14-9-20-10-21-14)12-6-5-11(8-19)13(18)7-12/h5-7,9-10H,1-4H3,(H,20,21)(H,22,23). The number of ether oxygens (including phenoxy) is 1. The molecule has 24 heavy (non-hydrogen) atoms. The van der Waals surface area contributed by atoms with E-state index in [-0.39, 0.29) is 5.56 Å². The van der Waals surface area contributed by atoms with Crippen molar-refractivity contribution in [3.8, 4) is 6.07 Å². The molecule has 2 aromatic rings. The molecular formula is C17H19FN4O2. The zero-order valence-corrected chi connectivity index (χ0v) is 14.0. The molecule has 7 heteroatoms. The van der Waals surface area contributed by atoms with Gasteiger partial charge in [-0.1, -0.05) is 6.07 Å². The molecule has 126 valence electrons. The van der Waals surface area contributed by atoms with Gasteiger partial charge in [-0.05, 0) is 45.4 Å². The fraction of sp³-hybridized carbons (Fsp3) is 0.353. The minimum absolute atomic E-state index is 0.0667. The lowest BCUT2D eigenvalue weighted by Crippen LogP contribution is -2.46. The molecule has 0 aliphatic heterocycles. The second-order valence-corrected chi connectivity index (χ2v) is 6.52. The van der Waals surface area contributed by atoms with Crippen LogP contribution in [-0.4, -0.2) is 21.7 Å². The van der Waals surface area contributed by atoms with Gasteiger partial charge in [-0.25, -0.2) is 14.2 Å². The molecule has 1 aromatic heterocycles. The van der Waals surface area contributed by atoms with Gasteiger partial charge in [0.25, 0.3) is 0 Å². The second kappa shape index (κ2) is 6.32. The van der Waals surface area contributed by atoms with E-state index in [1.807, 2.05) is 0 Å². The molecule has 0 aliphatic rings. The maximum atomic E-state index is 14.0. The Labute approximate surface area is 139 Å². The number of nitrogens with one attached hydrogen (secondary N) is 2. The van der Waals surface area contributed by atoms with Gasteiger partial charge in [-0.3, -0.25) is 0 Å². The van der Waals surface area contributed by atoms with Gasteiger partial charge in [-0.2, -0.15) is 5.26 Å². The lowest BCUT2D eigenvalue weighted by Gasteiger charge is -2.31. The summed E-state index contributed by atoms with van der Waals surface area (Å²) in [6, 6.07) is 5.95. The predicted octanol–water partition coefficient (Wildman–Crippen LogP) is 3.21. The van der Waals surface area contributed by atoms with E-state index in [1.165, 1.54) is 24.7 Å². The number of nitriles is 1. The Hall–Kier alpha value is -2.88. The van der Waals surface area contributed by atoms with Gasteiger partial charge < -0.3 is 15.0 Å². The maximum Gasteiger partial charge on any atom is 0.408 e. The van der Waals surface area contributed by atoms with E-state index < -0.39 is 23.1 Å². The van der Waals surface area contributed by atoms with Crippen molar-refractivity contribution in [3.63, 3.8) is 0 Å². The molecule has 0 fully saturated rings. The summed E-state index contributed by atoms with van der Waals surface area (Å²) in [7, 11) is 0. The van der Waals surface area contributed by atoms with Gasteiger partial charge >= 0.3 is 6.09 Å². The van der Waals surface area contributed by atoms with E-state index in [0.29, 0.717) is 11.3 Å². The number of alkyl carbamates (subject to hydrolysis) is 1. The summed E-state index contributed by atoms with van der Waals surface area (Å²) in [6.45, 7) is 6.95. The van der Waals surface area contributed by atoms with Crippen molar-refractivity contribution in [2.24, 2.45) is 0 Å². The lowest BCUT2D eigenvalue weighted by atomic mass is 9.88. The van der Waals surface area contributed by atoms with E-state index in [0.717, 1.165) is 0 Å². The third kappa shape index (κ3) is 3.71. The first-order chi connectivity index (χ1) is 11.2. The molecule has 1 unspecified atom stereocenters. The average Bonchev–Trinajstić information content (AvgIpc) is 2.99. The van der Waals surface area contributed by atoms with Crippen molar-refractivity contribution in [2.75, 3.05) is 0 Å². The first-order valence-corrected chi connectivity index (χ1v) is 7.36. The van der Waals surface area contributed by atoms with E-state index in [4.69, 9.17) is 10.00 Å². The van der Waals surface area contributed by atoms with Gasteiger partial charge in [0.1, 0.15) is 23.0 Å². The first-order valence-electron chi connectivity index (χ1n) is 7.36. The van der Waals surface area contributed by atoms with Crippen LogP contribution >= 0.6 is 0 Å². The van der Waals surface area contributed by atoms with Gasteiger partial charge in [0.15, 0.2) is 0 Å². The molecule has 1 atom stereocenters. The number of amides is 1. The van der Waals surface area contributed by atoms with Gasteiger partial charge in [0.2, 0.25) is 0 Å². The summed E-state index contributed by atoms with van der Waals surface area (Å²) in [5, 5.41) is 11.6. The molecule has 1 aromatic carbocycles. The molecule has 0 bridgehead atoms. The number of aromatic nitrogens is 2. The van der Waals surface area contributed by atoms with E-state index in [1.54, 1.807) is 39.8 Å². The highest BCUT2D eigenvalue weighted by Crippen LogP contribution is 2.29. The topological polar surface area (TPSA) is 90.8 Å². The summed E-state index contributed by atoms with van der Waals surface area (Å²) >= 11 is 0. The van der Waals surface area contributed by atoms with Crippen molar-refractivity contribution >= 4 is 6.09 Å². The van der Waals surface area contributed by atoms with E-state index in [9.17, 15) is 9.18 Å². The van der Waals surface area contributed by atoms with Crippen LogP contribution in [0.3, 0.4) is 0 Å². The normalized spacial score (nSPS) is 13.7. The summed E-state index contributed by atoms with van der Waals surface area (Å²) in [6.07, 6.45) is 2.35. The molecule has 0 aliphatic carbocycles. The van der Waals surface area contributed by atoms with E-state index >= 15 is 0 Å². The molecule has 0 saturated carbocycles. The molecule has 2 N–H and O–H groups in total. The average molecular weight is 330 g/mol. The number of rotatable bonds is 3. The molecule has 0 radical (unpaired) electrons. The smallest absolute Gasteiger partial charge is 0.408 e. The third-order valence-corrected chi connectivity index (χ3v) is 3.45. The van der Waals surface area contributed by atoms with Crippen LogP contribution in [-0.2, 0) is 10.3 Å². The molecular weight excluding hydrogens is 311 g/mol. The first kappa shape index (κ1) is 17.5. The molecule has 2 rings (SSSR count). The summed E-state index contributed by atoms with van der Waals surface area (Å²) in [4.78, 5) is 19.1. The quantitative estimate of drug-likeness (QED) is 0.904. The number of benzene rings is 1. The van der Waals surface area contributed by atoms with Crippen molar-refractivity contribution in [1.29, 1.82) is 5.26 Å². The van der Waals surface area contributed by atoms with Gasteiger partial charge in [0, 0.05) is 0 Å². The molecule has 0 saturated heterocycles. The zero-order valence-electron chi connectivity index (χ0n) is 14.0. The number of nitrogens with zero attached hydrogens (tertiary/aromatic N) is 2. The Morgan fingerprint density at radius 2 is 2.08 bits per heavy atom. The molecule has 0 spiro atoms. The van der Waals surface area contributed by atoms with Crippen LogP contribution in [0.2, 0.25) is 0 Å². The summed E-state index contributed by atoms with van der Waals surface area (Å²) in [5.74, 6) is -0.660. The van der Waals surface area contributed by atoms with Gasteiger partial charge in [-0.15, -0.1) is 0 Å². The summed E-state index contributed by atoms with van der Waals surface area (Å²) in [5.41, 5.74) is -0.836.